The third-order valence-corrected chi connectivity index (χ3v) is 3.16. The van der Waals surface area contributed by atoms with Gasteiger partial charge in [-0.25, -0.2) is 4.52 Å². The van der Waals surface area contributed by atoms with E-state index in [1.165, 1.54) is 0 Å². The maximum Gasteiger partial charge on any atom is 0.212 e. The van der Waals surface area contributed by atoms with Crippen LogP contribution in [0.25, 0.3) is 16.3 Å². The highest BCUT2D eigenvalue weighted by Crippen LogP contribution is 2.19. The molecule has 0 aliphatic heterocycles. The summed E-state index contributed by atoms with van der Waals surface area (Å²) in [5.74, 6) is 0.712. The van der Waals surface area contributed by atoms with E-state index in [0.29, 0.717) is 12.4 Å². The number of nitrogens with zero attached hydrogens (tertiary/aromatic N) is 4. The van der Waals surface area contributed by atoms with Crippen LogP contribution in [0.1, 0.15) is 5.69 Å². The number of hydrogen-bond donors (Lipinski definition) is 1. The molecule has 0 atom stereocenters. The second-order valence-electron chi connectivity index (χ2n) is 3.30. The van der Waals surface area contributed by atoms with Crippen LogP contribution in [0.4, 0.5) is 0 Å². The zero-order chi connectivity index (χ0) is 11.0. The lowest BCUT2D eigenvalue weighted by molar-refractivity contribution is 0.868. The largest absolute Gasteiger partial charge is 0.325 e. The van der Waals surface area contributed by atoms with E-state index in [4.69, 9.17) is 5.73 Å². The lowest BCUT2D eigenvalue weighted by Gasteiger charge is -1.92. The molecule has 6 heteroatoms. The van der Waals surface area contributed by atoms with Crippen molar-refractivity contribution in [1.82, 2.24) is 19.6 Å². The highest BCUT2D eigenvalue weighted by atomic mass is 32.1. The predicted octanol–water partition coefficient (Wildman–Crippen LogP) is 1.31. The molecule has 0 unspecified atom stereocenters. The van der Waals surface area contributed by atoms with Gasteiger partial charge < -0.3 is 5.73 Å². The predicted molar refractivity (Wildman–Crippen MR) is 62.0 cm³/mol. The summed E-state index contributed by atoms with van der Waals surface area (Å²) in [5.41, 5.74) is 7.56. The van der Waals surface area contributed by atoms with Gasteiger partial charge in [-0.15, -0.1) is 16.4 Å². The van der Waals surface area contributed by atoms with Crippen LogP contribution in [0.5, 0.6) is 0 Å². The first-order valence-corrected chi connectivity index (χ1v) is 5.70. The van der Waals surface area contributed by atoms with Crippen molar-refractivity contribution in [3.63, 3.8) is 0 Å². The molecule has 5 nitrogen and oxygen atoms in total. The highest BCUT2D eigenvalue weighted by molar-refractivity contribution is 7.15. The number of rotatable bonds is 2. The molecule has 0 aliphatic rings. The maximum absolute atomic E-state index is 5.62. The Hall–Kier alpha value is -1.79. The van der Waals surface area contributed by atoms with Gasteiger partial charge in [0, 0.05) is 29.9 Å². The monoisotopic (exact) mass is 231 g/mol. The fraction of sp³-hybridized carbons (Fsp3) is 0.100. The van der Waals surface area contributed by atoms with E-state index in [0.717, 1.165) is 16.2 Å². The molecule has 0 amide bonds. The van der Waals surface area contributed by atoms with E-state index in [1.54, 1.807) is 28.2 Å². The molecule has 80 valence electrons. The highest BCUT2D eigenvalue weighted by Gasteiger charge is 2.09. The standard InChI is InChI=1S/C10H9N5S/c11-5-8-6-16-10-13-9(14-15(8)10)7-1-3-12-4-2-7/h1-4,6H,5,11H2. The summed E-state index contributed by atoms with van der Waals surface area (Å²) in [6.07, 6.45) is 3.46. The van der Waals surface area contributed by atoms with E-state index >= 15 is 0 Å². The van der Waals surface area contributed by atoms with Crippen LogP contribution in [-0.2, 0) is 6.54 Å². The average molecular weight is 231 g/mol. The Kier molecular flexibility index (Phi) is 2.16. The molecule has 0 spiro atoms. The number of aromatic nitrogens is 4. The molecule has 0 fully saturated rings. The van der Waals surface area contributed by atoms with Crippen molar-refractivity contribution in [3.8, 4) is 11.4 Å². The van der Waals surface area contributed by atoms with Gasteiger partial charge in [-0.2, -0.15) is 4.98 Å². The maximum atomic E-state index is 5.62. The van der Waals surface area contributed by atoms with Gasteiger partial charge in [-0.3, -0.25) is 4.98 Å². The van der Waals surface area contributed by atoms with Crippen molar-refractivity contribution in [1.29, 1.82) is 0 Å². The van der Waals surface area contributed by atoms with Gasteiger partial charge in [0.15, 0.2) is 5.82 Å². The van der Waals surface area contributed by atoms with Crippen LogP contribution in [0.3, 0.4) is 0 Å². The van der Waals surface area contributed by atoms with Crippen LogP contribution >= 0.6 is 11.3 Å². The van der Waals surface area contributed by atoms with Crippen LogP contribution in [0, 0.1) is 0 Å². The Morgan fingerprint density at radius 1 is 1.31 bits per heavy atom. The van der Waals surface area contributed by atoms with Crippen molar-refractivity contribution in [2.75, 3.05) is 0 Å². The van der Waals surface area contributed by atoms with Gasteiger partial charge in [-0.05, 0) is 12.1 Å². The Balaban J connectivity index is 2.16. The third-order valence-electron chi connectivity index (χ3n) is 2.30. The van der Waals surface area contributed by atoms with E-state index < -0.39 is 0 Å². The molecule has 3 rings (SSSR count). The number of fused-ring (bicyclic) bond motifs is 1. The average Bonchev–Trinajstić information content (AvgIpc) is 2.89. The Bertz CT molecular complexity index is 612. The zero-order valence-electron chi connectivity index (χ0n) is 8.37. The van der Waals surface area contributed by atoms with Gasteiger partial charge in [0.2, 0.25) is 4.96 Å². The molecule has 3 aromatic heterocycles. The summed E-state index contributed by atoms with van der Waals surface area (Å²) in [6, 6.07) is 3.78. The molecule has 0 aliphatic carbocycles. The van der Waals surface area contributed by atoms with Gasteiger partial charge in [0.1, 0.15) is 0 Å². The molecule has 0 bridgehead atoms. The summed E-state index contributed by atoms with van der Waals surface area (Å²) >= 11 is 1.55. The smallest absolute Gasteiger partial charge is 0.212 e. The third kappa shape index (κ3) is 1.39. The first-order chi connectivity index (χ1) is 7.88. The molecular formula is C10H9N5S. The molecule has 3 heterocycles. The lowest BCUT2D eigenvalue weighted by Crippen LogP contribution is -2.00. The van der Waals surface area contributed by atoms with E-state index in [9.17, 15) is 0 Å². The molecule has 0 saturated heterocycles. The van der Waals surface area contributed by atoms with Crippen molar-refractivity contribution in [2.24, 2.45) is 5.73 Å². The van der Waals surface area contributed by atoms with E-state index in [1.807, 2.05) is 17.5 Å². The second kappa shape index (κ2) is 3.66. The van der Waals surface area contributed by atoms with Crippen LogP contribution in [0.2, 0.25) is 0 Å². The van der Waals surface area contributed by atoms with Gasteiger partial charge >= 0.3 is 0 Å². The Morgan fingerprint density at radius 3 is 2.88 bits per heavy atom. The molecule has 0 radical (unpaired) electrons. The van der Waals surface area contributed by atoms with E-state index in [2.05, 4.69) is 15.1 Å². The summed E-state index contributed by atoms with van der Waals surface area (Å²) in [6.45, 7) is 0.471. The fourth-order valence-electron chi connectivity index (χ4n) is 1.49. The summed E-state index contributed by atoms with van der Waals surface area (Å²) < 4.78 is 1.79. The summed E-state index contributed by atoms with van der Waals surface area (Å²) in [7, 11) is 0. The molecule has 0 aromatic carbocycles. The Labute approximate surface area is 95.6 Å². The number of hydrogen-bond acceptors (Lipinski definition) is 5. The molecule has 3 aromatic rings. The number of pyridine rings is 1. The minimum atomic E-state index is 0.471. The minimum absolute atomic E-state index is 0.471. The van der Waals surface area contributed by atoms with Crippen LogP contribution in [-0.4, -0.2) is 19.6 Å². The van der Waals surface area contributed by atoms with Crippen molar-refractivity contribution in [3.05, 3.63) is 35.6 Å². The molecule has 2 N–H and O–H groups in total. The van der Waals surface area contributed by atoms with E-state index in [-0.39, 0.29) is 0 Å². The van der Waals surface area contributed by atoms with Gasteiger partial charge in [0.25, 0.3) is 0 Å². The molecule has 16 heavy (non-hydrogen) atoms. The number of nitrogens with two attached hydrogens (primary N) is 1. The summed E-state index contributed by atoms with van der Waals surface area (Å²) in [4.78, 5) is 9.27. The first kappa shape index (κ1) is 9.44. The minimum Gasteiger partial charge on any atom is -0.325 e. The van der Waals surface area contributed by atoms with Gasteiger partial charge in [-0.1, -0.05) is 0 Å². The van der Waals surface area contributed by atoms with Crippen molar-refractivity contribution in [2.45, 2.75) is 6.54 Å². The molecule has 0 saturated carbocycles. The molecular weight excluding hydrogens is 222 g/mol. The first-order valence-electron chi connectivity index (χ1n) is 4.82. The normalized spacial score (nSPS) is 11.1. The zero-order valence-corrected chi connectivity index (χ0v) is 9.18. The quantitative estimate of drug-likeness (QED) is 0.722. The topological polar surface area (TPSA) is 69.1 Å². The summed E-state index contributed by atoms with van der Waals surface area (Å²) in [5, 5.41) is 6.40. The number of thiazole rings is 1. The SMILES string of the molecule is NCc1csc2nc(-c3ccncc3)nn12. The van der Waals surface area contributed by atoms with Crippen molar-refractivity contribution < 1.29 is 0 Å². The van der Waals surface area contributed by atoms with Crippen molar-refractivity contribution >= 4 is 16.3 Å². The lowest BCUT2D eigenvalue weighted by atomic mass is 10.3. The van der Waals surface area contributed by atoms with Crippen LogP contribution in [0.15, 0.2) is 29.9 Å². The second-order valence-corrected chi connectivity index (χ2v) is 4.13. The van der Waals surface area contributed by atoms with Gasteiger partial charge in [0.05, 0.1) is 5.69 Å². The fourth-order valence-corrected chi connectivity index (χ4v) is 2.32. The van der Waals surface area contributed by atoms with Crippen LogP contribution < -0.4 is 5.73 Å². The Morgan fingerprint density at radius 2 is 2.12 bits per heavy atom.